The predicted octanol–water partition coefficient (Wildman–Crippen LogP) is 6.27. The van der Waals surface area contributed by atoms with Crippen LogP contribution >= 0.6 is 0 Å². The number of hydrogen-bond donors (Lipinski definition) is 2. The fourth-order valence-electron chi connectivity index (χ4n) is 5.67. The van der Waals surface area contributed by atoms with Crippen molar-refractivity contribution in [2.45, 2.75) is 31.5 Å². The lowest BCUT2D eigenvalue weighted by Gasteiger charge is -2.22. The fraction of sp³-hybridized carbons (Fsp3) is 0.235. The van der Waals surface area contributed by atoms with Crippen molar-refractivity contribution in [1.82, 2.24) is 0 Å². The molecule has 0 saturated heterocycles. The van der Waals surface area contributed by atoms with Gasteiger partial charge in [-0.05, 0) is 52.1 Å². The van der Waals surface area contributed by atoms with Crippen molar-refractivity contribution in [3.05, 3.63) is 119 Å². The van der Waals surface area contributed by atoms with Crippen molar-refractivity contribution in [3.63, 3.8) is 0 Å². The minimum absolute atomic E-state index is 0.281. The summed E-state index contributed by atoms with van der Waals surface area (Å²) < 4.78 is 23.4. The van der Waals surface area contributed by atoms with Gasteiger partial charge in [0, 0.05) is 11.8 Å². The zero-order valence-corrected chi connectivity index (χ0v) is 23.4. The molecule has 4 aromatic carbocycles. The first kappa shape index (κ1) is 28.5. The van der Waals surface area contributed by atoms with Gasteiger partial charge in [-0.1, -0.05) is 66.7 Å². The molecular weight excluding hydrogens is 536 g/mol. The van der Waals surface area contributed by atoms with Crippen molar-refractivity contribution in [3.8, 4) is 23.0 Å². The van der Waals surface area contributed by atoms with Crippen molar-refractivity contribution in [2.24, 2.45) is 5.92 Å². The molecule has 0 fully saturated rings. The van der Waals surface area contributed by atoms with Gasteiger partial charge >= 0.3 is 11.9 Å². The summed E-state index contributed by atoms with van der Waals surface area (Å²) in [6, 6.07) is 28.2. The second kappa shape index (κ2) is 12.7. The topological polar surface area (TPSA) is 112 Å². The van der Waals surface area contributed by atoms with E-state index in [0.29, 0.717) is 46.3 Å². The maximum Gasteiger partial charge on any atom is 0.308 e. The first-order valence-electron chi connectivity index (χ1n) is 13.6. The molecule has 1 aliphatic carbocycles. The lowest BCUT2D eigenvalue weighted by Crippen LogP contribution is -2.24. The standard InChI is InChI=1S/C34H32O8/c1-39-28-15-23(13-14-27(28)41-19-21-9-5-3-6-10-21)32-25-17-30(42-20-22-11-7-4-8-12-22)29(40-2)16-24(25)26(18-31(35)36)33(32)34(37)38/h3-17,26,32-33H,18-20H2,1-2H3,(H,35,36)(H,37,38). The molecule has 3 unspecified atom stereocenters. The maximum absolute atomic E-state index is 12.8. The normalized spacial score (nSPS) is 17.2. The van der Waals surface area contributed by atoms with Gasteiger partial charge in [0.1, 0.15) is 13.2 Å². The number of aliphatic carboxylic acids is 2. The second-order valence-electron chi connectivity index (χ2n) is 10.1. The Bertz CT molecular complexity index is 1550. The third-order valence-corrected chi connectivity index (χ3v) is 7.60. The van der Waals surface area contributed by atoms with Crippen LogP contribution in [0.3, 0.4) is 0 Å². The fourth-order valence-corrected chi connectivity index (χ4v) is 5.67. The molecule has 8 nitrogen and oxygen atoms in total. The van der Waals surface area contributed by atoms with E-state index < -0.39 is 29.7 Å². The van der Waals surface area contributed by atoms with Crippen LogP contribution in [0.1, 0.15) is 46.1 Å². The van der Waals surface area contributed by atoms with Gasteiger partial charge in [-0.2, -0.15) is 0 Å². The van der Waals surface area contributed by atoms with E-state index in [-0.39, 0.29) is 13.0 Å². The van der Waals surface area contributed by atoms with Crippen LogP contribution in [0.15, 0.2) is 91.0 Å². The van der Waals surface area contributed by atoms with Crippen molar-refractivity contribution in [2.75, 3.05) is 14.2 Å². The van der Waals surface area contributed by atoms with Gasteiger partial charge in [0.05, 0.1) is 26.6 Å². The van der Waals surface area contributed by atoms with Crippen molar-refractivity contribution in [1.29, 1.82) is 0 Å². The summed E-state index contributed by atoms with van der Waals surface area (Å²) >= 11 is 0. The predicted molar refractivity (Wildman–Crippen MR) is 155 cm³/mol. The summed E-state index contributed by atoms with van der Waals surface area (Å²) in [5, 5.41) is 20.2. The SMILES string of the molecule is COc1cc(C2c3cc(OCc4ccccc4)c(OC)cc3C(CC(=O)O)C2C(=O)O)ccc1OCc1ccccc1. The van der Waals surface area contributed by atoms with E-state index in [1.807, 2.05) is 66.7 Å². The molecule has 5 rings (SSSR count). The second-order valence-corrected chi connectivity index (χ2v) is 10.1. The zero-order chi connectivity index (χ0) is 29.6. The summed E-state index contributed by atoms with van der Waals surface area (Å²) in [6.07, 6.45) is -0.344. The molecule has 1 aliphatic rings. The Morgan fingerprint density at radius 1 is 0.667 bits per heavy atom. The molecular formula is C34H32O8. The molecule has 2 N–H and O–H groups in total. The molecule has 0 aliphatic heterocycles. The van der Waals surface area contributed by atoms with Crippen LogP contribution in [0.5, 0.6) is 23.0 Å². The molecule has 0 radical (unpaired) electrons. The zero-order valence-electron chi connectivity index (χ0n) is 23.4. The highest BCUT2D eigenvalue weighted by atomic mass is 16.5. The Morgan fingerprint density at radius 3 is 1.76 bits per heavy atom. The number of ether oxygens (including phenoxy) is 4. The highest BCUT2D eigenvalue weighted by molar-refractivity contribution is 5.79. The largest absolute Gasteiger partial charge is 0.493 e. The van der Waals surface area contributed by atoms with E-state index in [2.05, 4.69) is 0 Å². The highest BCUT2D eigenvalue weighted by Gasteiger charge is 2.47. The van der Waals surface area contributed by atoms with Crippen LogP contribution < -0.4 is 18.9 Å². The van der Waals surface area contributed by atoms with Gasteiger partial charge in [-0.25, -0.2) is 0 Å². The van der Waals surface area contributed by atoms with E-state index >= 15 is 0 Å². The molecule has 0 bridgehead atoms. The average molecular weight is 569 g/mol. The van der Waals surface area contributed by atoms with Crippen LogP contribution in [0, 0.1) is 5.92 Å². The van der Waals surface area contributed by atoms with Crippen LogP contribution in [0.4, 0.5) is 0 Å². The Hall–Kier alpha value is -4.98. The van der Waals surface area contributed by atoms with E-state index in [4.69, 9.17) is 18.9 Å². The average Bonchev–Trinajstić information content (AvgIpc) is 3.31. The number of methoxy groups -OCH3 is 2. The smallest absolute Gasteiger partial charge is 0.308 e. The molecule has 42 heavy (non-hydrogen) atoms. The van der Waals surface area contributed by atoms with E-state index in [0.717, 1.165) is 11.1 Å². The number of carboxylic acids is 2. The number of fused-ring (bicyclic) bond motifs is 1. The molecule has 4 aromatic rings. The van der Waals surface area contributed by atoms with Gasteiger partial charge in [-0.3, -0.25) is 9.59 Å². The Labute approximate surface area is 244 Å². The van der Waals surface area contributed by atoms with Gasteiger partial charge in [0.15, 0.2) is 23.0 Å². The van der Waals surface area contributed by atoms with Gasteiger partial charge in [0.25, 0.3) is 0 Å². The minimum Gasteiger partial charge on any atom is -0.493 e. The Kier molecular flexibility index (Phi) is 8.62. The number of benzene rings is 4. The summed E-state index contributed by atoms with van der Waals surface area (Å²) in [5.41, 5.74) is 3.91. The van der Waals surface area contributed by atoms with Crippen LogP contribution in [-0.4, -0.2) is 36.4 Å². The van der Waals surface area contributed by atoms with Gasteiger partial charge in [-0.15, -0.1) is 0 Å². The molecule has 0 amide bonds. The first-order chi connectivity index (χ1) is 20.4. The van der Waals surface area contributed by atoms with E-state index in [9.17, 15) is 19.8 Å². The van der Waals surface area contributed by atoms with Gasteiger partial charge in [0.2, 0.25) is 0 Å². The van der Waals surface area contributed by atoms with Crippen LogP contribution in [0.2, 0.25) is 0 Å². The van der Waals surface area contributed by atoms with Gasteiger partial charge < -0.3 is 29.2 Å². The van der Waals surface area contributed by atoms with Crippen molar-refractivity contribution >= 4 is 11.9 Å². The molecule has 8 heteroatoms. The molecule has 0 spiro atoms. The molecule has 0 saturated carbocycles. The Balaban J connectivity index is 1.55. The van der Waals surface area contributed by atoms with Crippen LogP contribution in [-0.2, 0) is 22.8 Å². The number of rotatable bonds is 12. The third kappa shape index (κ3) is 6.02. The third-order valence-electron chi connectivity index (χ3n) is 7.60. The molecule has 0 heterocycles. The van der Waals surface area contributed by atoms with E-state index in [1.165, 1.54) is 14.2 Å². The first-order valence-corrected chi connectivity index (χ1v) is 13.6. The maximum atomic E-state index is 12.8. The number of carbonyl (C=O) groups is 2. The number of hydrogen-bond acceptors (Lipinski definition) is 6. The minimum atomic E-state index is -1.09. The van der Waals surface area contributed by atoms with Crippen LogP contribution in [0.25, 0.3) is 0 Å². The summed E-state index contributed by atoms with van der Waals surface area (Å²) in [7, 11) is 3.03. The summed E-state index contributed by atoms with van der Waals surface area (Å²) in [6.45, 7) is 0.617. The summed E-state index contributed by atoms with van der Waals surface area (Å²) in [4.78, 5) is 24.7. The van der Waals surface area contributed by atoms with Crippen molar-refractivity contribution < 1.29 is 38.7 Å². The quantitative estimate of drug-likeness (QED) is 0.206. The lowest BCUT2D eigenvalue weighted by atomic mass is 9.81. The molecule has 0 aromatic heterocycles. The highest BCUT2D eigenvalue weighted by Crippen LogP contribution is 2.54. The lowest BCUT2D eigenvalue weighted by molar-refractivity contribution is -0.143. The van der Waals surface area contributed by atoms with E-state index in [1.54, 1.807) is 24.3 Å². The Morgan fingerprint density at radius 2 is 1.21 bits per heavy atom. The molecule has 3 atom stereocenters. The molecule has 216 valence electrons. The number of carboxylic acid groups (broad SMARTS) is 2. The monoisotopic (exact) mass is 568 g/mol. The summed E-state index contributed by atoms with van der Waals surface area (Å²) in [5.74, 6) is -2.83.